The van der Waals surface area contributed by atoms with Gasteiger partial charge in [-0.05, 0) is 10.9 Å². The van der Waals surface area contributed by atoms with Crippen LogP contribution in [0.4, 0.5) is 17.3 Å². The smallest absolute Gasteiger partial charge is 0.418 e. The first-order chi connectivity index (χ1) is 7.93. The van der Waals surface area contributed by atoms with E-state index in [-0.39, 0.29) is 0 Å². The first-order valence-corrected chi connectivity index (χ1v) is 9.74. The van der Waals surface area contributed by atoms with Crippen molar-refractivity contribution in [3.05, 3.63) is 0 Å². The fourth-order valence-electron chi connectivity index (χ4n) is 1.10. The third kappa shape index (κ3) is 17.1. The van der Waals surface area contributed by atoms with Crippen LogP contribution in [0.1, 0.15) is 0 Å². The standard InChI is InChI=1S/C8H16ClS3.BF4/c9-1-2-10-3-6-12-7-4-11-5-8-12;2-1(3,4)5/h1-8H2;/q+1;-1. The molecule has 0 aromatic heterocycles. The first kappa shape index (κ1) is 18.1. The molecule has 1 heterocycles. The zero-order valence-corrected chi connectivity index (χ0v) is 12.6. The number of hydrogen-bond acceptors (Lipinski definition) is 2. The van der Waals surface area contributed by atoms with Gasteiger partial charge in [-0.3, -0.25) is 0 Å². The summed E-state index contributed by atoms with van der Waals surface area (Å²) >= 11 is 9.74. The molecule has 0 nitrogen and oxygen atoms in total. The molecule has 0 aromatic carbocycles. The van der Waals surface area contributed by atoms with Crippen molar-refractivity contribution in [2.75, 3.05) is 46.1 Å². The predicted octanol–water partition coefficient (Wildman–Crippen LogP) is 3.62. The van der Waals surface area contributed by atoms with E-state index in [1.165, 1.54) is 34.5 Å². The van der Waals surface area contributed by atoms with E-state index in [9.17, 15) is 17.3 Å². The minimum absolute atomic E-state index is 0.767. The lowest BCUT2D eigenvalue weighted by molar-refractivity contribution is 0.368. The van der Waals surface area contributed by atoms with Crippen molar-refractivity contribution in [2.24, 2.45) is 0 Å². The van der Waals surface area contributed by atoms with Crippen molar-refractivity contribution in [2.45, 2.75) is 0 Å². The number of halogens is 5. The van der Waals surface area contributed by atoms with Gasteiger partial charge < -0.3 is 17.3 Å². The second kappa shape index (κ2) is 11.0. The highest BCUT2D eigenvalue weighted by atomic mass is 35.5. The predicted molar refractivity (Wildman–Crippen MR) is 77.5 cm³/mol. The summed E-state index contributed by atoms with van der Waals surface area (Å²) in [5, 5.41) is 0. The van der Waals surface area contributed by atoms with Crippen molar-refractivity contribution < 1.29 is 17.3 Å². The zero-order valence-electron chi connectivity index (χ0n) is 9.35. The monoisotopic (exact) mass is 330 g/mol. The Kier molecular flexibility index (Phi) is 11.7. The van der Waals surface area contributed by atoms with Gasteiger partial charge in [0, 0.05) is 28.9 Å². The number of hydrogen-bond donors (Lipinski definition) is 0. The molecule has 0 aliphatic carbocycles. The van der Waals surface area contributed by atoms with Crippen molar-refractivity contribution in [1.82, 2.24) is 0 Å². The van der Waals surface area contributed by atoms with E-state index in [1.54, 1.807) is 0 Å². The van der Waals surface area contributed by atoms with E-state index >= 15 is 0 Å². The van der Waals surface area contributed by atoms with Crippen LogP contribution >= 0.6 is 35.1 Å². The molecule has 0 N–H and O–H groups in total. The summed E-state index contributed by atoms with van der Waals surface area (Å²) in [4.78, 5) is 0. The van der Waals surface area contributed by atoms with Gasteiger partial charge in [0.25, 0.3) is 0 Å². The van der Waals surface area contributed by atoms with E-state index in [0.717, 1.165) is 22.5 Å². The topological polar surface area (TPSA) is 0 Å². The Morgan fingerprint density at radius 3 is 2.12 bits per heavy atom. The summed E-state index contributed by atoms with van der Waals surface area (Å²) in [7, 11) is -5.23. The second-order valence-electron chi connectivity index (χ2n) is 3.13. The minimum Gasteiger partial charge on any atom is -0.418 e. The molecule has 0 atom stereocenters. The van der Waals surface area contributed by atoms with Crippen molar-refractivity contribution in [3.8, 4) is 0 Å². The maximum atomic E-state index is 9.75. The molecule has 0 saturated carbocycles. The molecule has 1 rings (SSSR count). The Morgan fingerprint density at radius 1 is 1.12 bits per heavy atom. The molecule has 0 amide bonds. The molecular formula is C8H16BClF4S3. The van der Waals surface area contributed by atoms with E-state index in [4.69, 9.17) is 11.6 Å². The molecule has 0 spiro atoms. The summed E-state index contributed by atoms with van der Waals surface area (Å²) in [6.07, 6.45) is 0. The highest BCUT2D eigenvalue weighted by molar-refractivity contribution is 8.06. The van der Waals surface area contributed by atoms with Crippen LogP contribution < -0.4 is 0 Å². The van der Waals surface area contributed by atoms with Crippen molar-refractivity contribution in [3.63, 3.8) is 0 Å². The van der Waals surface area contributed by atoms with E-state index in [0.29, 0.717) is 0 Å². The number of thioether (sulfide) groups is 2. The van der Waals surface area contributed by atoms with Crippen LogP contribution in [0.2, 0.25) is 0 Å². The summed E-state index contributed by atoms with van der Waals surface area (Å²) in [6, 6.07) is 0. The van der Waals surface area contributed by atoms with Crippen LogP contribution in [0.5, 0.6) is 0 Å². The molecule has 104 valence electrons. The highest BCUT2D eigenvalue weighted by Gasteiger charge is 2.21. The number of rotatable bonds is 5. The van der Waals surface area contributed by atoms with Gasteiger partial charge in [-0.15, -0.1) is 11.6 Å². The highest BCUT2D eigenvalue weighted by Crippen LogP contribution is 2.15. The Labute approximate surface area is 116 Å². The van der Waals surface area contributed by atoms with Crippen LogP contribution in [0, 0.1) is 0 Å². The molecule has 1 aliphatic heterocycles. The van der Waals surface area contributed by atoms with Crippen molar-refractivity contribution in [1.29, 1.82) is 0 Å². The average Bonchev–Trinajstić information content (AvgIpc) is 2.24. The van der Waals surface area contributed by atoms with Gasteiger partial charge in [0.2, 0.25) is 0 Å². The van der Waals surface area contributed by atoms with Crippen LogP contribution in [0.25, 0.3) is 0 Å². The lowest BCUT2D eigenvalue weighted by Gasteiger charge is -2.12. The summed E-state index contributed by atoms with van der Waals surface area (Å²) < 4.78 is 39.0. The molecule has 9 heteroatoms. The summed E-state index contributed by atoms with van der Waals surface area (Å²) in [6.45, 7) is 0. The normalized spacial score (nSPS) is 17.5. The molecule has 0 bridgehead atoms. The molecule has 1 aliphatic rings. The number of alkyl halides is 1. The Balaban J connectivity index is 0.000000437. The first-order valence-electron chi connectivity index (χ1n) is 5.16. The fraction of sp³-hybridized carbons (Fsp3) is 1.00. The second-order valence-corrected chi connectivity index (χ2v) is 8.41. The SMILES string of the molecule is ClCCSCC[S+]1CCSCC1.F[B-](F)(F)F. The van der Waals surface area contributed by atoms with E-state index < -0.39 is 7.25 Å². The van der Waals surface area contributed by atoms with E-state index in [2.05, 4.69) is 11.8 Å². The van der Waals surface area contributed by atoms with Gasteiger partial charge in [-0.1, -0.05) is 0 Å². The van der Waals surface area contributed by atoms with Gasteiger partial charge in [0.15, 0.2) is 0 Å². The van der Waals surface area contributed by atoms with Gasteiger partial charge in [-0.2, -0.15) is 23.5 Å². The maximum Gasteiger partial charge on any atom is 0.673 e. The van der Waals surface area contributed by atoms with Crippen LogP contribution in [0.3, 0.4) is 0 Å². The Hall–Kier alpha value is 1.12. The maximum absolute atomic E-state index is 9.75. The Bertz CT molecular complexity index is 173. The molecule has 0 unspecified atom stereocenters. The quantitative estimate of drug-likeness (QED) is 0.248. The van der Waals surface area contributed by atoms with Crippen LogP contribution in [-0.2, 0) is 10.9 Å². The molecule has 17 heavy (non-hydrogen) atoms. The fourth-order valence-corrected chi connectivity index (χ4v) is 6.79. The van der Waals surface area contributed by atoms with Gasteiger partial charge in [-0.25, -0.2) is 0 Å². The molecule has 1 fully saturated rings. The zero-order chi connectivity index (χ0) is 13.1. The van der Waals surface area contributed by atoms with Gasteiger partial charge in [0.05, 0.1) is 0 Å². The lowest BCUT2D eigenvalue weighted by atomic mass is 10.3. The van der Waals surface area contributed by atoms with Gasteiger partial charge >= 0.3 is 7.25 Å². The lowest BCUT2D eigenvalue weighted by Crippen LogP contribution is -2.24. The molecular weight excluding hydrogens is 315 g/mol. The van der Waals surface area contributed by atoms with Crippen LogP contribution in [-0.4, -0.2) is 53.4 Å². The third-order valence-electron chi connectivity index (χ3n) is 1.77. The van der Waals surface area contributed by atoms with E-state index in [1.807, 2.05) is 11.8 Å². The van der Waals surface area contributed by atoms with Crippen molar-refractivity contribution >= 4 is 53.3 Å². The molecule has 0 radical (unpaired) electrons. The van der Waals surface area contributed by atoms with Crippen LogP contribution in [0.15, 0.2) is 0 Å². The summed E-state index contributed by atoms with van der Waals surface area (Å²) in [5.41, 5.74) is 0. The average molecular weight is 331 g/mol. The molecule has 0 aromatic rings. The largest absolute Gasteiger partial charge is 0.673 e. The minimum atomic E-state index is -6.00. The summed E-state index contributed by atoms with van der Waals surface area (Å²) in [5.74, 6) is 10.5. The Morgan fingerprint density at radius 2 is 1.65 bits per heavy atom. The van der Waals surface area contributed by atoms with Gasteiger partial charge in [0.1, 0.15) is 17.3 Å². The third-order valence-corrected chi connectivity index (χ3v) is 7.27. The molecule has 1 saturated heterocycles.